The molecule has 0 aliphatic carbocycles. The third-order valence-electron chi connectivity index (χ3n) is 3.50. The van der Waals surface area contributed by atoms with Gasteiger partial charge in [0.15, 0.2) is 5.78 Å². The molecule has 2 aromatic carbocycles. The largest absolute Gasteiger partial charge is 0.508 e. The number of hydrogen-bond donors (Lipinski definition) is 3. The number of hydrogen-bond acceptors (Lipinski definition) is 5. The molecule has 1 aliphatic heterocycles. The van der Waals surface area contributed by atoms with Crippen LogP contribution < -0.4 is 0 Å². The Labute approximate surface area is 121 Å². The molecule has 3 rings (SSSR count). The van der Waals surface area contributed by atoms with Crippen LogP contribution in [0.1, 0.15) is 40.6 Å². The van der Waals surface area contributed by atoms with Crippen molar-refractivity contribution in [3.05, 3.63) is 53.1 Å². The van der Waals surface area contributed by atoms with Crippen LogP contribution in [-0.4, -0.2) is 21.1 Å². The lowest BCUT2D eigenvalue weighted by Crippen LogP contribution is -2.00. The third-order valence-corrected chi connectivity index (χ3v) is 3.50. The maximum absolute atomic E-state index is 11.7. The van der Waals surface area contributed by atoms with Crippen LogP contribution in [0.15, 0.2) is 36.4 Å². The second-order valence-corrected chi connectivity index (χ2v) is 5.05. The summed E-state index contributed by atoms with van der Waals surface area (Å²) >= 11 is 0. The molecule has 3 N–H and O–H groups in total. The van der Waals surface area contributed by atoms with Gasteiger partial charge in [-0.05, 0) is 30.7 Å². The summed E-state index contributed by atoms with van der Waals surface area (Å²) < 4.78 is 5.57. The molecule has 21 heavy (non-hydrogen) atoms. The molecule has 0 aromatic heterocycles. The second-order valence-electron chi connectivity index (χ2n) is 5.05. The molecule has 2 atom stereocenters. The van der Waals surface area contributed by atoms with E-state index in [1.54, 1.807) is 24.3 Å². The van der Waals surface area contributed by atoms with Gasteiger partial charge in [0, 0.05) is 11.6 Å². The Morgan fingerprint density at radius 3 is 2.29 bits per heavy atom. The van der Waals surface area contributed by atoms with Crippen molar-refractivity contribution in [3.63, 3.8) is 0 Å². The maximum atomic E-state index is 11.7. The number of carbonyl (C=O) groups excluding carboxylic acids is 1. The normalized spacial score (nSPS) is 20.2. The van der Waals surface area contributed by atoms with E-state index in [0.29, 0.717) is 5.56 Å². The van der Waals surface area contributed by atoms with E-state index in [4.69, 9.17) is 4.74 Å². The van der Waals surface area contributed by atoms with Gasteiger partial charge >= 0.3 is 0 Å². The Morgan fingerprint density at radius 2 is 1.67 bits per heavy atom. The molecule has 2 aromatic rings. The zero-order chi connectivity index (χ0) is 15.1. The van der Waals surface area contributed by atoms with E-state index in [9.17, 15) is 20.1 Å². The lowest BCUT2D eigenvalue weighted by Gasteiger charge is -2.08. The van der Waals surface area contributed by atoms with Gasteiger partial charge in [-0.3, -0.25) is 4.79 Å². The summed E-state index contributed by atoms with van der Waals surface area (Å²) in [5.74, 6) is -0.497. The van der Waals surface area contributed by atoms with Crippen LogP contribution in [0.25, 0.3) is 0 Å². The average Bonchev–Trinajstić information content (AvgIpc) is 3.18. The average molecular weight is 286 g/mol. The number of phenolic OH excluding ortho intramolecular Hbond substituents is 3. The molecule has 0 radical (unpaired) electrons. The number of ether oxygens (including phenoxy) is 1. The van der Waals surface area contributed by atoms with E-state index >= 15 is 0 Å². The molecule has 1 saturated heterocycles. The summed E-state index contributed by atoms with van der Waals surface area (Å²) in [7, 11) is 0. The second kappa shape index (κ2) is 4.79. The Morgan fingerprint density at radius 1 is 1.00 bits per heavy atom. The Hall–Kier alpha value is -2.53. The molecule has 0 amide bonds. The first-order valence-corrected chi connectivity index (χ1v) is 6.48. The van der Waals surface area contributed by atoms with Gasteiger partial charge in [-0.15, -0.1) is 0 Å². The van der Waals surface area contributed by atoms with Crippen LogP contribution >= 0.6 is 0 Å². The highest BCUT2D eigenvalue weighted by atomic mass is 16.6. The first kappa shape index (κ1) is 13.5. The fourth-order valence-corrected chi connectivity index (χ4v) is 2.51. The van der Waals surface area contributed by atoms with E-state index in [1.165, 1.54) is 13.0 Å². The van der Waals surface area contributed by atoms with E-state index in [2.05, 4.69) is 0 Å². The summed E-state index contributed by atoms with van der Waals surface area (Å²) in [6.07, 6.45) is -0.656. The maximum Gasteiger partial charge on any atom is 0.163 e. The zero-order valence-corrected chi connectivity index (χ0v) is 11.3. The third kappa shape index (κ3) is 2.43. The number of benzene rings is 2. The van der Waals surface area contributed by atoms with Crippen molar-refractivity contribution in [2.24, 2.45) is 0 Å². The smallest absolute Gasteiger partial charge is 0.163 e. The van der Waals surface area contributed by atoms with Gasteiger partial charge in [-0.1, -0.05) is 12.1 Å². The van der Waals surface area contributed by atoms with Crippen LogP contribution in [0.5, 0.6) is 17.2 Å². The van der Waals surface area contributed by atoms with Crippen LogP contribution in [-0.2, 0) is 4.74 Å². The van der Waals surface area contributed by atoms with Gasteiger partial charge in [0.25, 0.3) is 0 Å². The van der Waals surface area contributed by atoms with Crippen molar-refractivity contribution >= 4 is 5.78 Å². The van der Waals surface area contributed by atoms with Crippen molar-refractivity contribution in [1.82, 2.24) is 0 Å². The van der Waals surface area contributed by atoms with E-state index in [-0.39, 0.29) is 34.7 Å². The highest BCUT2D eigenvalue weighted by molar-refractivity contribution is 5.98. The highest BCUT2D eigenvalue weighted by Crippen LogP contribution is 2.53. The first-order valence-electron chi connectivity index (χ1n) is 6.48. The lowest BCUT2D eigenvalue weighted by molar-refractivity contribution is 0.101. The van der Waals surface area contributed by atoms with Gasteiger partial charge in [-0.25, -0.2) is 0 Å². The Bertz CT molecular complexity index is 705. The number of Topliss-reactive ketones (excluding diaryl/α,β-unsaturated/α-hetero) is 1. The monoisotopic (exact) mass is 286 g/mol. The highest BCUT2D eigenvalue weighted by Gasteiger charge is 2.43. The minimum Gasteiger partial charge on any atom is -0.508 e. The number of rotatable bonds is 3. The van der Waals surface area contributed by atoms with Crippen LogP contribution in [0.3, 0.4) is 0 Å². The van der Waals surface area contributed by atoms with Crippen LogP contribution in [0.4, 0.5) is 0 Å². The molecular formula is C16H14O5. The molecule has 0 spiro atoms. The summed E-state index contributed by atoms with van der Waals surface area (Å²) in [5, 5.41) is 28.7. The Kier molecular flexibility index (Phi) is 3.07. The van der Waals surface area contributed by atoms with Crippen molar-refractivity contribution in [2.75, 3.05) is 0 Å². The van der Waals surface area contributed by atoms with Gasteiger partial charge in [0.1, 0.15) is 29.5 Å². The van der Waals surface area contributed by atoms with Gasteiger partial charge in [0.2, 0.25) is 0 Å². The molecule has 108 valence electrons. The van der Waals surface area contributed by atoms with E-state index < -0.39 is 6.10 Å². The first-order chi connectivity index (χ1) is 9.97. The van der Waals surface area contributed by atoms with Gasteiger partial charge in [0.05, 0.1) is 5.56 Å². The van der Waals surface area contributed by atoms with Crippen molar-refractivity contribution < 1.29 is 24.9 Å². The molecule has 1 heterocycles. The molecule has 1 aliphatic rings. The predicted molar refractivity (Wildman–Crippen MR) is 74.4 cm³/mol. The van der Waals surface area contributed by atoms with Crippen molar-refractivity contribution in [3.8, 4) is 17.2 Å². The molecule has 5 nitrogen and oxygen atoms in total. The predicted octanol–water partition coefficient (Wildman–Crippen LogP) is 2.82. The summed E-state index contributed by atoms with van der Waals surface area (Å²) in [5.41, 5.74) is 1.49. The standard InChI is InChI=1S/C16H14O5/c1-8(17)14-12(6-11(19)7-13(14)20)16-15(21-16)9-2-4-10(18)5-3-9/h2-7,15-16,18-20H,1H3. The SMILES string of the molecule is CC(=O)c1c(O)cc(O)cc1C1OC1c1ccc(O)cc1. The lowest BCUT2D eigenvalue weighted by atomic mass is 9.96. The minimum atomic E-state index is -0.397. The van der Waals surface area contributed by atoms with Gasteiger partial charge in [-0.2, -0.15) is 0 Å². The van der Waals surface area contributed by atoms with Crippen LogP contribution in [0, 0.1) is 0 Å². The summed E-state index contributed by atoms with van der Waals surface area (Å²) in [6.45, 7) is 1.35. The van der Waals surface area contributed by atoms with Crippen molar-refractivity contribution in [1.29, 1.82) is 0 Å². The molecule has 0 saturated carbocycles. The van der Waals surface area contributed by atoms with E-state index in [0.717, 1.165) is 11.6 Å². The fraction of sp³-hybridized carbons (Fsp3) is 0.188. The number of carbonyl (C=O) groups is 1. The van der Waals surface area contributed by atoms with E-state index in [1.807, 2.05) is 0 Å². The molecular weight excluding hydrogens is 272 g/mol. The topological polar surface area (TPSA) is 90.3 Å². The molecule has 2 unspecified atom stereocenters. The number of epoxide rings is 1. The minimum absolute atomic E-state index is 0.118. The van der Waals surface area contributed by atoms with Gasteiger partial charge < -0.3 is 20.1 Å². The number of aromatic hydroxyl groups is 3. The quantitative estimate of drug-likeness (QED) is 0.596. The number of phenols is 3. The molecule has 5 heteroatoms. The Balaban J connectivity index is 1.96. The molecule has 0 bridgehead atoms. The van der Waals surface area contributed by atoms with Crippen LogP contribution in [0.2, 0.25) is 0 Å². The number of ketones is 1. The molecule has 1 fully saturated rings. The fourth-order valence-electron chi connectivity index (χ4n) is 2.51. The zero-order valence-electron chi connectivity index (χ0n) is 11.3. The van der Waals surface area contributed by atoms with Crippen molar-refractivity contribution in [2.45, 2.75) is 19.1 Å². The summed E-state index contributed by atoms with van der Waals surface area (Å²) in [4.78, 5) is 11.7. The summed E-state index contributed by atoms with van der Waals surface area (Å²) in [6, 6.07) is 9.14.